The zero-order valence-electron chi connectivity index (χ0n) is 20.2. The van der Waals surface area contributed by atoms with E-state index in [0.717, 1.165) is 13.0 Å². The third kappa shape index (κ3) is 4.06. The Balaban J connectivity index is 1.24. The molecule has 2 unspecified atom stereocenters. The normalized spacial score (nSPS) is 28.0. The molecule has 2 atom stereocenters. The Morgan fingerprint density at radius 2 is 1.73 bits per heavy atom. The van der Waals surface area contributed by atoms with Gasteiger partial charge in [-0.05, 0) is 30.6 Å². The topological polar surface area (TPSA) is 87.5 Å². The van der Waals surface area contributed by atoms with Crippen LogP contribution in [0.4, 0.5) is 0 Å². The fraction of sp³-hybridized carbons (Fsp3) is 0.760. The zero-order valence-corrected chi connectivity index (χ0v) is 20.2. The van der Waals surface area contributed by atoms with Crippen LogP contribution in [0.1, 0.15) is 62.7 Å². The van der Waals surface area contributed by atoms with E-state index in [-0.39, 0.29) is 40.4 Å². The van der Waals surface area contributed by atoms with Crippen LogP contribution in [0.3, 0.4) is 0 Å². The molecule has 1 aromatic heterocycles. The summed E-state index contributed by atoms with van der Waals surface area (Å²) in [6, 6.07) is 0. The smallest absolute Gasteiger partial charge is 0.257 e. The Morgan fingerprint density at radius 1 is 1.06 bits per heavy atom. The van der Waals surface area contributed by atoms with Gasteiger partial charge < -0.3 is 15.1 Å². The molecule has 180 valence electrons. The average Bonchev–Trinajstić information content (AvgIpc) is 3.13. The minimum absolute atomic E-state index is 0.0443. The van der Waals surface area contributed by atoms with Gasteiger partial charge in [0.15, 0.2) is 0 Å². The zero-order chi connectivity index (χ0) is 23.4. The summed E-state index contributed by atoms with van der Waals surface area (Å²) in [5.74, 6) is 0.544. The van der Waals surface area contributed by atoms with Crippen LogP contribution in [0.5, 0.6) is 0 Å². The van der Waals surface area contributed by atoms with Gasteiger partial charge in [0, 0.05) is 57.3 Å². The summed E-state index contributed by atoms with van der Waals surface area (Å²) in [5, 5.41) is 7.23. The Hall–Kier alpha value is -2.38. The first kappa shape index (κ1) is 22.4. The number of likely N-dealkylation sites (tertiary alicyclic amines) is 2. The van der Waals surface area contributed by atoms with Crippen LogP contribution in [-0.2, 0) is 16.1 Å². The van der Waals surface area contributed by atoms with Crippen molar-refractivity contribution < 1.29 is 14.4 Å². The summed E-state index contributed by atoms with van der Waals surface area (Å²) >= 11 is 0. The predicted molar refractivity (Wildman–Crippen MR) is 123 cm³/mol. The molecular weight excluding hydrogens is 418 g/mol. The third-order valence-corrected chi connectivity index (χ3v) is 8.68. The maximum absolute atomic E-state index is 13.3. The van der Waals surface area contributed by atoms with Gasteiger partial charge in [0.1, 0.15) is 0 Å². The molecule has 1 aromatic rings. The van der Waals surface area contributed by atoms with E-state index in [1.165, 1.54) is 32.1 Å². The van der Waals surface area contributed by atoms with Crippen LogP contribution in [0.15, 0.2) is 12.4 Å². The largest absolute Gasteiger partial charge is 0.359 e. The summed E-state index contributed by atoms with van der Waals surface area (Å²) in [4.78, 5) is 42.5. The van der Waals surface area contributed by atoms with Crippen molar-refractivity contribution in [3.05, 3.63) is 18.0 Å². The van der Waals surface area contributed by atoms with Gasteiger partial charge in [0.05, 0.1) is 17.7 Å². The third-order valence-electron chi connectivity index (χ3n) is 8.68. The van der Waals surface area contributed by atoms with E-state index in [9.17, 15) is 14.4 Å². The number of nitrogens with zero attached hydrogens (tertiary/aromatic N) is 4. The molecule has 8 heteroatoms. The van der Waals surface area contributed by atoms with Gasteiger partial charge in [-0.1, -0.05) is 33.1 Å². The summed E-state index contributed by atoms with van der Waals surface area (Å²) in [7, 11) is 1.64. The van der Waals surface area contributed by atoms with Crippen molar-refractivity contribution in [3.63, 3.8) is 0 Å². The lowest BCUT2D eigenvalue weighted by Gasteiger charge is -2.50. The minimum Gasteiger partial charge on any atom is -0.359 e. The van der Waals surface area contributed by atoms with Gasteiger partial charge >= 0.3 is 0 Å². The van der Waals surface area contributed by atoms with Crippen LogP contribution in [-0.4, -0.2) is 70.5 Å². The van der Waals surface area contributed by atoms with Gasteiger partial charge in [0.2, 0.25) is 11.8 Å². The van der Waals surface area contributed by atoms with Crippen molar-refractivity contribution in [1.82, 2.24) is 24.9 Å². The highest BCUT2D eigenvalue weighted by Crippen LogP contribution is 2.54. The van der Waals surface area contributed by atoms with Crippen LogP contribution in [0.25, 0.3) is 0 Å². The van der Waals surface area contributed by atoms with Gasteiger partial charge in [-0.3, -0.25) is 19.1 Å². The molecule has 2 aliphatic carbocycles. The lowest BCUT2D eigenvalue weighted by atomic mass is 9.71. The van der Waals surface area contributed by atoms with Crippen LogP contribution < -0.4 is 5.32 Å². The number of rotatable bonds is 5. The molecule has 0 bridgehead atoms. The molecule has 1 N–H and O–H groups in total. The van der Waals surface area contributed by atoms with Crippen molar-refractivity contribution >= 4 is 17.7 Å². The number of hydrogen-bond donors (Lipinski definition) is 1. The van der Waals surface area contributed by atoms with E-state index in [4.69, 9.17) is 0 Å². The molecule has 4 fully saturated rings. The van der Waals surface area contributed by atoms with Crippen molar-refractivity contribution in [2.24, 2.45) is 28.6 Å². The fourth-order valence-corrected chi connectivity index (χ4v) is 6.35. The summed E-state index contributed by atoms with van der Waals surface area (Å²) in [5.41, 5.74) is 0.336. The molecule has 2 saturated carbocycles. The van der Waals surface area contributed by atoms with Crippen LogP contribution in [0, 0.1) is 28.6 Å². The van der Waals surface area contributed by atoms with Gasteiger partial charge in [-0.2, -0.15) is 5.10 Å². The molecule has 3 amide bonds. The van der Waals surface area contributed by atoms with Crippen LogP contribution in [0.2, 0.25) is 0 Å². The quantitative estimate of drug-likeness (QED) is 0.737. The minimum atomic E-state index is -0.345. The standard InChI is InChI=1S/C25H37N5O3/c1-24(2)9-19(24)23(33)29-15-25(16-29)14-28(13-20(25)21(31)26-3)22(32)18-10-27-30(12-18)11-17-7-5-4-6-8-17/h10,12,17,19-20H,4-9,11,13-16H2,1-3H3,(H,26,31). The van der Waals surface area contributed by atoms with Crippen molar-refractivity contribution in [3.8, 4) is 0 Å². The molecule has 0 radical (unpaired) electrons. The Kier molecular flexibility index (Phi) is 5.52. The molecule has 2 aliphatic heterocycles. The number of nitrogens with one attached hydrogen (secondary N) is 1. The van der Waals surface area contributed by atoms with Gasteiger partial charge in [-0.25, -0.2) is 0 Å². The maximum Gasteiger partial charge on any atom is 0.257 e. The first-order chi connectivity index (χ1) is 15.7. The number of carbonyl (C=O) groups excluding carboxylic acids is 3. The summed E-state index contributed by atoms with van der Waals surface area (Å²) in [6.45, 7) is 7.14. The maximum atomic E-state index is 13.3. The number of amides is 3. The number of aromatic nitrogens is 2. The number of hydrogen-bond acceptors (Lipinski definition) is 4. The van der Waals surface area contributed by atoms with E-state index in [1.54, 1.807) is 18.1 Å². The van der Waals surface area contributed by atoms with Gasteiger partial charge in [-0.15, -0.1) is 0 Å². The molecule has 5 rings (SSSR count). The second kappa shape index (κ2) is 8.13. The van der Waals surface area contributed by atoms with Crippen LogP contribution >= 0.6 is 0 Å². The molecule has 2 saturated heterocycles. The van der Waals surface area contributed by atoms with Crippen molar-refractivity contribution in [2.75, 3.05) is 33.2 Å². The molecule has 3 heterocycles. The van der Waals surface area contributed by atoms with E-state index < -0.39 is 0 Å². The summed E-state index contributed by atoms with van der Waals surface area (Å²) < 4.78 is 1.91. The first-order valence-electron chi connectivity index (χ1n) is 12.5. The van der Waals surface area contributed by atoms with Crippen molar-refractivity contribution in [2.45, 2.75) is 58.9 Å². The molecule has 0 aromatic carbocycles. The Bertz CT molecular complexity index is 942. The molecule has 4 aliphatic rings. The Labute approximate surface area is 196 Å². The monoisotopic (exact) mass is 455 g/mol. The molecule has 33 heavy (non-hydrogen) atoms. The highest BCUT2D eigenvalue weighted by atomic mass is 16.2. The lowest BCUT2D eigenvalue weighted by molar-refractivity contribution is -0.151. The van der Waals surface area contributed by atoms with E-state index in [0.29, 0.717) is 37.7 Å². The predicted octanol–water partition coefficient (Wildman–Crippen LogP) is 2.16. The molecule has 1 spiro atoms. The van der Waals surface area contributed by atoms with Gasteiger partial charge in [0.25, 0.3) is 5.91 Å². The highest BCUT2D eigenvalue weighted by molar-refractivity contribution is 5.95. The lowest BCUT2D eigenvalue weighted by Crippen LogP contribution is -2.64. The van der Waals surface area contributed by atoms with E-state index >= 15 is 0 Å². The molecular formula is C25H37N5O3. The highest BCUT2D eigenvalue weighted by Gasteiger charge is 2.61. The molecule has 8 nitrogen and oxygen atoms in total. The Morgan fingerprint density at radius 3 is 2.36 bits per heavy atom. The first-order valence-corrected chi connectivity index (χ1v) is 12.5. The second-order valence-corrected chi connectivity index (χ2v) is 11.6. The van der Waals surface area contributed by atoms with E-state index in [1.807, 2.05) is 15.8 Å². The average molecular weight is 456 g/mol. The summed E-state index contributed by atoms with van der Waals surface area (Å²) in [6.07, 6.45) is 10.8. The fourth-order valence-electron chi connectivity index (χ4n) is 6.35. The number of carbonyl (C=O) groups is 3. The SMILES string of the molecule is CNC(=O)C1CN(C(=O)c2cnn(CC3CCCCC3)c2)CC12CN(C(=O)C1CC1(C)C)C2. The van der Waals surface area contributed by atoms with Crippen molar-refractivity contribution in [1.29, 1.82) is 0 Å². The second-order valence-electron chi connectivity index (χ2n) is 11.6. The van der Waals surface area contributed by atoms with E-state index in [2.05, 4.69) is 24.3 Å².